The van der Waals surface area contributed by atoms with Crippen LogP contribution in [0.1, 0.15) is 0 Å². The third-order valence-corrected chi connectivity index (χ3v) is 2.77. The standard InChI is InChI=1S/C9H11ClN2S/c1-11-6-13-9-5-7(10)3-4-8(9)12-2/h3-5,11H,2,6H2,1H3. The van der Waals surface area contributed by atoms with Crippen LogP contribution in [0, 0.1) is 0 Å². The third-order valence-electron chi connectivity index (χ3n) is 1.46. The van der Waals surface area contributed by atoms with Gasteiger partial charge in [-0.1, -0.05) is 11.6 Å². The molecule has 0 bridgehead atoms. The number of halogens is 1. The van der Waals surface area contributed by atoms with Crippen LogP contribution in [0.5, 0.6) is 0 Å². The summed E-state index contributed by atoms with van der Waals surface area (Å²) in [6.45, 7) is 3.50. The van der Waals surface area contributed by atoms with Crippen LogP contribution in [0.25, 0.3) is 0 Å². The van der Waals surface area contributed by atoms with Gasteiger partial charge in [0.05, 0.1) is 5.69 Å². The maximum Gasteiger partial charge on any atom is 0.0759 e. The summed E-state index contributed by atoms with van der Waals surface area (Å²) in [5, 5.41) is 3.77. The van der Waals surface area contributed by atoms with Crippen LogP contribution >= 0.6 is 23.4 Å². The molecule has 0 saturated carbocycles. The van der Waals surface area contributed by atoms with E-state index in [0.717, 1.165) is 21.5 Å². The monoisotopic (exact) mass is 214 g/mol. The smallest absolute Gasteiger partial charge is 0.0759 e. The van der Waals surface area contributed by atoms with Crippen LogP contribution in [-0.2, 0) is 0 Å². The lowest BCUT2D eigenvalue weighted by Crippen LogP contribution is -2.02. The minimum absolute atomic E-state index is 0.728. The van der Waals surface area contributed by atoms with E-state index in [0.29, 0.717) is 0 Å². The molecule has 0 spiro atoms. The fourth-order valence-corrected chi connectivity index (χ4v) is 1.91. The van der Waals surface area contributed by atoms with Gasteiger partial charge in [0.1, 0.15) is 0 Å². The van der Waals surface area contributed by atoms with E-state index in [4.69, 9.17) is 11.6 Å². The van der Waals surface area contributed by atoms with E-state index in [-0.39, 0.29) is 0 Å². The zero-order chi connectivity index (χ0) is 9.68. The fraction of sp³-hybridized carbons (Fsp3) is 0.222. The Labute approximate surface area is 87.4 Å². The van der Waals surface area contributed by atoms with Gasteiger partial charge in [0, 0.05) is 15.8 Å². The summed E-state index contributed by atoms with van der Waals surface area (Å²) in [5.41, 5.74) is 0.879. The quantitative estimate of drug-likeness (QED) is 0.474. The summed E-state index contributed by atoms with van der Waals surface area (Å²) >= 11 is 7.51. The number of nitrogens with one attached hydrogen (secondary N) is 1. The van der Waals surface area contributed by atoms with E-state index in [1.54, 1.807) is 11.8 Å². The van der Waals surface area contributed by atoms with Crippen molar-refractivity contribution in [1.82, 2.24) is 5.32 Å². The zero-order valence-corrected chi connectivity index (χ0v) is 8.95. The second-order valence-electron chi connectivity index (χ2n) is 2.41. The molecule has 0 unspecified atom stereocenters. The van der Waals surface area contributed by atoms with Crippen LogP contribution in [0.15, 0.2) is 28.1 Å². The van der Waals surface area contributed by atoms with Gasteiger partial charge in [-0.2, -0.15) is 0 Å². The van der Waals surface area contributed by atoms with E-state index in [1.165, 1.54) is 0 Å². The highest BCUT2D eigenvalue weighted by Crippen LogP contribution is 2.31. The molecular weight excluding hydrogens is 204 g/mol. The van der Waals surface area contributed by atoms with Crippen molar-refractivity contribution in [3.05, 3.63) is 23.2 Å². The van der Waals surface area contributed by atoms with Crippen LogP contribution in [0.4, 0.5) is 5.69 Å². The summed E-state index contributed by atoms with van der Waals surface area (Å²) in [6.07, 6.45) is 0. The fourth-order valence-electron chi connectivity index (χ4n) is 0.884. The van der Waals surface area contributed by atoms with Gasteiger partial charge in [-0.25, -0.2) is 0 Å². The summed E-state index contributed by atoms with van der Waals surface area (Å²) in [5.74, 6) is 0.836. The van der Waals surface area contributed by atoms with Crippen LogP contribution in [0.2, 0.25) is 5.02 Å². The van der Waals surface area contributed by atoms with Crippen molar-refractivity contribution in [2.24, 2.45) is 4.99 Å². The molecule has 1 aromatic carbocycles. The first-order valence-corrected chi connectivity index (χ1v) is 5.18. The number of rotatable bonds is 4. The van der Waals surface area contributed by atoms with Crippen LogP contribution in [0.3, 0.4) is 0 Å². The zero-order valence-electron chi connectivity index (χ0n) is 7.38. The highest BCUT2D eigenvalue weighted by atomic mass is 35.5. The van der Waals surface area contributed by atoms with E-state index in [1.807, 2.05) is 25.2 Å². The molecule has 70 valence electrons. The van der Waals surface area contributed by atoms with Gasteiger partial charge >= 0.3 is 0 Å². The molecule has 0 heterocycles. The normalized spacial score (nSPS) is 10.0. The lowest BCUT2D eigenvalue weighted by atomic mass is 10.3. The average molecular weight is 215 g/mol. The maximum absolute atomic E-state index is 5.86. The summed E-state index contributed by atoms with van der Waals surface area (Å²) in [7, 11) is 1.90. The van der Waals surface area contributed by atoms with Gasteiger partial charge in [-0.05, 0) is 32.0 Å². The van der Waals surface area contributed by atoms with Crippen LogP contribution in [-0.4, -0.2) is 19.6 Å². The predicted molar refractivity (Wildman–Crippen MR) is 60.4 cm³/mol. The summed E-state index contributed by atoms with van der Waals surface area (Å²) < 4.78 is 0. The van der Waals surface area contributed by atoms with Crippen molar-refractivity contribution in [2.45, 2.75) is 4.90 Å². The first-order chi connectivity index (χ1) is 6.27. The topological polar surface area (TPSA) is 24.4 Å². The molecule has 0 saturated heterocycles. The number of aliphatic imine (C=N–C) groups is 1. The minimum atomic E-state index is 0.728. The molecule has 0 radical (unpaired) electrons. The predicted octanol–water partition coefficient (Wildman–Crippen LogP) is 2.94. The minimum Gasteiger partial charge on any atom is -0.311 e. The lowest BCUT2D eigenvalue weighted by molar-refractivity contribution is 0.982. The molecule has 4 heteroatoms. The Hall–Kier alpha value is -0.510. The van der Waals surface area contributed by atoms with Crippen molar-refractivity contribution in [2.75, 3.05) is 12.9 Å². The molecule has 0 aliphatic carbocycles. The molecule has 1 N–H and O–H groups in total. The Morgan fingerprint density at radius 2 is 2.38 bits per heavy atom. The van der Waals surface area contributed by atoms with Gasteiger partial charge < -0.3 is 5.32 Å². The van der Waals surface area contributed by atoms with E-state index in [2.05, 4.69) is 17.0 Å². The Morgan fingerprint density at radius 3 is 3.00 bits per heavy atom. The molecule has 1 rings (SSSR count). The first-order valence-electron chi connectivity index (χ1n) is 3.81. The van der Waals surface area contributed by atoms with Crippen molar-refractivity contribution >= 4 is 35.8 Å². The Morgan fingerprint density at radius 1 is 1.62 bits per heavy atom. The maximum atomic E-state index is 5.86. The number of benzene rings is 1. The molecule has 0 aliphatic rings. The molecule has 0 aliphatic heterocycles. The first kappa shape index (κ1) is 10.6. The second-order valence-corrected chi connectivity index (χ2v) is 3.87. The average Bonchev–Trinajstić information content (AvgIpc) is 2.15. The van der Waals surface area contributed by atoms with Gasteiger partial charge in [0.25, 0.3) is 0 Å². The lowest BCUT2D eigenvalue weighted by Gasteiger charge is -2.04. The van der Waals surface area contributed by atoms with Crippen molar-refractivity contribution in [1.29, 1.82) is 0 Å². The highest BCUT2D eigenvalue weighted by Gasteiger charge is 2.01. The molecule has 0 fully saturated rings. The van der Waals surface area contributed by atoms with Gasteiger partial charge in [-0.3, -0.25) is 4.99 Å². The van der Waals surface area contributed by atoms with Crippen molar-refractivity contribution < 1.29 is 0 Å². The van der Waals surface area contributed by atoms with Gasteiger partial charge in [-0.15, -0.1) is 11.8 Å². The molecule has 0 aromatic heterocycles. The third kappa shape index (κ3) is 3.03. The highest BCUT2D eigenvalue weighted by molar-refractivity contribution is 7.99. The second kappa shape index (κ2) is 5.27. The Kier molecular flexibility index (Phi) is 4.28. The van der Waals surface area contributed by atoms with E-state index >= 15 is 0 Å². The largest absolute Gasteiger partial charge is 0.311 e. The molecule has 2 nitrogen and oxygen atoms in total. The molecular formula is C9H11ClN2S. The molecule has 13 heavy (non-hydrogen) atoms. The Balaban J connectivity index is 2.87. The number of nitrogens with zero attached hydrogens (tertiary/aromatic N) is 1. The van der Waals surface area contributed by atoms with Crippen molar-refractivity contribution in [3.63, 3.8) is 0 Å². The molecule has 0 amide bonds. The Bertz CT molecular complexity index is 302. The van der Waals surface area contributed by atoms with Gasteiger partial charge in [0.2, 0.25) is 0 Å². The number of hydrogen-bond acceptors (Lipinski definition) is 3. The van der Waals surface area contributed by atoms with Gasteiger partial charge in [0.15, 0.2) is 0 Å². The van der Waals surface area contributed by atoms with E-state index < -0.39 is 0 Å². The summed E-state index contributed by atoms with van der Waals surface area (Å²) in [4.78, 5) is 4.96. The number of hydrogen-bond donors (Lipinski definition) is 1. The van der Waals surface area contributed by atoms with Crippen LogP contribution < -0.4 is 5.32 Å². The van der Waals surface area contributed by atoms with Crippen molar-refractivity contribution in [3.8, 4) is 0 Å². The SMILES string of the molecule is C=Nc1ccc(Cl)cc1SCNC. The molecule has 1 aromatic rings. The molecule has 0 atom stereocenters. The summed E-state index contributed by atoms with van der Waals surface area (Å²) in [6, 6.07) is 5.58. The number of thioether (sulfide) groups is 1. The van der Waals surface area contributed by atoms with E-state index in [9.17, 15) is 0 Å².